The normalized spacial score (nSPS) is 42.7. The fourth-order valence-corrected chi connectivity index (χ4v) is 9.03. The molecule has 3 rings (SSSR count). The van der Waals surface area contributed by atoms with Crippen LogP contribution in [0.4, 0.5) is 4.79 Å². The highest BCUT2D eigenvalue weighted by molar-refractivity contribution is 6.18. The van der Waals surface area contributed by atoms with Crippen LogP contribution in [0.25, 0.3) is 0 Å². The Labute approximate surface area is 344 Å². The number of rotatable bonds is 10. The number of likely N-dealkylation sites (N-methyl/N-ethyl adjacent to an activating group) is 1. The fraction of sp³-hybridized carbons (Fsp3) is 0.902. The quantitative estimate of drug-likeness (QED) is 0.170. The highest BCUT2D eigenvalue weighted by Crippen LogP contribution is 2.40. The molecule has 1 amide bonds. The number of halogens is 1. The monoisotopic (exact) mass is 835 g/mol. The summed E-state index contributed by atoms with van der Waals surface area (Å²) in [5.74, 6) is -5.52. The lowest BCUT2D eigenvalue weighted by Gasteiger charge is -2.48. The molecule has 0 bridgehead atoms. The average Bonchev–Trinajstić information content (AvgIpc) is 3.14. The number of methoxy groups -OCH3 is 1. The van der Waals surface area contributed by atoms with Gasteiger partial charge in [-0.3, -0.25) is 14.4 Å². The number of Topliss-reactive ketones (excluding diaryl/α,β-unsaturated/α-hetero) is 1. The first kappa shape index (κ1) is 49.3. The molecule has 3 fully saturated rings. The first-order valence-corrected chi connectivity index (χ1v) is 21.0. The van der Waals surface area contributed by atoms with Crippen molar-refractivity contribution >= 4 is 35.4 Å². The number of aliphatic hydroxyl groups excluding tert-OH is 1. The highest BCUT2D eigenvalue weighted by atomic mass is 35.5. The fourth-order valence-electron chi connectivity index (χ4n) is 8.95. The summed E-state index contributed by atoms with van der Waals surface area (Å²) in [6, 6.07) is -0.787. The van der Waals surface area contributed by atoms with Gasteiger partial charge in [-0.1, -0.05) is 34.6 Å². The number of aliphatic hydroxyl groups is 2. The molecule has 330 valence electrons. The van der Waals surface area contributed by atoms with Gasteiger partial charge in [-0.15, -0.1) is 11.6 Å². The van der Waals surface area contributed by atoms with Crippen molar-refractivity contribution in [2.45, 2.75) is 181 Å². The van der Waals surface area contributed by atoms with E-state index in [-0.39, 0.29) is 37.2 Å². The standard InChI is InChI=1S/C41H70ClNO14/c1-14-30-24(5)33(46)25(6)32(45)21(2)18-41(11,49)36(26(7)34(27(8)37(47)55-30)56-31-20-40(10,50-13)19-23(4)52-31)57-38-35(54-28(9)44)29(17-22(3)53-38)43(12)39(48)51-16-15-42/h21-27,29-31,33-36,38,46,49H,14-20H2,1-13H3/t21-,22-,23+,24+,25+,26+,27-,29+,30?,31+,33+,34?,35-,36-,38+,40+,41-/m1/s1. The van der Waals surface area contributed by atoms with Crippen LogP contribution >= 0.6 is 11.6 Å². The minimum Gasteiger partial charge on any atom is -0.462 e. The maximum Gasteiger partial charge on any atom is 0.409 e. The van der Waals surface area contributed by atoms with Crippen LogP contribution in [0.1, 0.15) is 108 Å². The van der Waals surface area contributed by atoms with E-state index in [2.05, 4.69) is 0 Å². The molecule has 3 heterocycles. The Morgan fingerprint density at radius 3 is 2.16 bits per heavy atom. The van der Waals surface area contributed by atoms with Crippen molar-refractivity contribution in [1.82, 2.24) is 4.90 Å². The van der Waals surface area contributed by atoms with Crippen LogP contribution in [0.3, 0.4) is 0 Å². The van der Waals surface area contributed by atoms with Crippen molar-refractivity contribution in [2.75, 3.05) is 26.6 Å². The lowest BCUT2D eigenvalue weighted by Crippen LogP contribution is -2.61. The predicted molar refractivity (Wildman–Crippen MR) is 209 cm³/mol. The Morgan fingerprint density at radius 2 is 1.58 bits per heavy atom. The molecule has 0 saturated carbocycles. The predicted octanol–water partition coefficient (Wildman–Crippen LogP) is 5.02. The molecule has 57 heavy (non-hydrogen) atoms. The molecule has 2 N–H and O–H groups in total. The Morgan fingerprint density at radius 1 is 0.930 bits per heavy atom. The van der Waals surface area contributed by atoms with E-state index in [9.17, 15) is 29.4 Å². The summed E-state index contributed by atoms with van der Waals surface area (Å²) in [5.41, 5.74) is -2.43. The van der Waals surface area contributed by atoms with E-state index in [0.717, 1.165) is 0 Å². The molecule has 3 aliphatic rings. The topological polar surface area (TPSA) is 186 Å². The lowest BCUT2D eigenvalue weighted by molar-refractivity contribution is -0.311. The number of nitrogens with zero attached hydrogens (tertiary/aromatic N) is 1. The van der Waals surface area contributed by atoms with E-state index < -0.39 is 114 Å². The Kier molecular flexibility index (Phi) is 18.1. The molecule has 17 atom stereocenters. The van der Waals surface area contributed by atoms with E-state index in [4.69, 9.17) is 49.5 Å². The molecule has 3 aliphatic heterocycles. The van der Waals surface area contributed by atoms with Gasteiger partial charge in [0.05, 0.1) is 59.6 Å². The molecule has 0 radical (unpaired) electrons. The molecule has 0 aromatic rings. The maximum atomic E-state index is 14.2. The van der Waals surface area contributed by atoms with E-state index in [1.165, 1.54) is 25.8 Å². The van der Waals surface area contributed by atoms with Crippen molar-refractivity contribution in [2.24, 2.45) is 29.6 Å². The zero-order valence-electron chi connectivity index (χ0n) is 36.2. The summed E-state index contributed by atoms with van der Waals surface area (Å²) in [4.78, 5) is 55.2. The lowest BCUT2D eigenvalue weighted by atomic mass is 9.74. The number of cyclic esters (lactones) is 1. The number of esters is 2. The van der Waals surface area contributed by atoms with E-state index in [1.807, 2.05) is 20.8 Å². The second-order valence-corrected chi connectivity index (χ2v) is 17.6. The zero-order valence-corrected chi connectivity index (χ0v) is 37.0. The number of carbonyl (C=O) groups excluding carboxylic acids is 4. The first-order valence-electron chi connectivity index (χ1n) is 20.4. The van der Waals surface area contributed by atoms with Gasteiger partial charge in [0.25, 0.3) is 0 Å². The highest BCUT2D eigenvalue weighted by Gasteiger charge is 2.52. The minimum absolute atomic E-state index is 0.0381. The molecular weight excluding hydrogens is 766 g/mol. The third kappa shape index (κ3) is 12.5. The van der Waals surface area contributed by atoms with Gasteiger partial charge >= 0.3 is 18.0 Å². The molecule has 0 aliphatic carbocycles. The smallest absolute Gasteiger partial charge is 0.409 e. The number of carbonyl (C=O) groups is 4. The molecular formula is C41H70ClNO14. The number of ketones is 1. The van der Waals surface area contributed by atoms with Crippen LogP contribution in [0.2, 0.25) is 0 Å². The van der Waals surface area contributed by atoms with Crippen LogP contribution < -0.4 is 0 Å². The van der Waals surface area contributed by atoms with Crippen LogP contribution in [0.15, 0.2) is 0 Å². The van der Waals surface area contributed by atoms with Gasteiger partial charge < -0.3 is 53.0 Å². The summed E-state index contributed by atoms with van der Waals surface area (Å²) in [6.07, 6.45) is -7.61. The molecule has 0 aromatic carbocycles. The SMILES string of the molecule is CCC1OC(=O)[C@H](C)C(O[C@H]2C[C@@](C)(OC)C[C@H](C)O2)[C@H](C)[C@@H](O[C@@H]2O[C@H](C)C[C@H](N(C)C(=O)OCCCl)[C@H]2OC(C)=O)[C@](C)(O)C[C@@H](C)C(=O)[C@H](C)[C@@H](O)[C@H]1C. The van der Waals surface area contributed by atoms with Gasteiger partial charge in [-0.2, -0.15) is 0 Å². The van der Waals surface area contributed by atoms with Crippen LogP contribution in [0.5, 0.6) is 0 Å². The van der Waals surface area contributed by atoms with Crippen molar-refractivity contribution in [3.63, 3.8) is 0 Å². The second kappa shape index (κ2) is 20.9. The number of amides is 1. The Hall–Kier alpha value is -2.11. The van der Waals surface area contributed by atoms with Gasteiger partial charge in [0.2, 0.25) is 0 Å². The largest absolute Gasteiger partial charge is 0.462 e. The summed E-state index contributed by atoms with van der Waals surface area (Å²) >= 11 is 5.77. The maximum absolute atomic E-state index is 14.2. The van der Waals surface area contributed by atoms with Crippen LogP contribution in [-0.2, 0) is 52.3 Å². The molecule has 0 spiro atoms. The summed E-state index contributed by atoms with van der Waals surface area (Å²) in [7, 11) is 3.13. The van der Waals surface area contributed by atoms with E-state index in [1.54, 1.807) is 48.7 Å². The molecule has 16 heteroatoms. The third-order valence-corrected chi connectivity index (χ3v) is 12.4. The number of hydrogen-bond donors (Lipinski definition) is 2. The van der Waals surface area contributed by atoms with Crippen molar-refractivity contribution < 1.29 is 67.3 Å². The van der Waals surface area contributed by atoms with Gasteiger partial charge in [0.15, 0.2) is 18.7 Å². The number of ether oxygens (including phenoxy) is 8. The number of hydrogen-bond acceptors (Lipinski definition) is 14. The minimum atomic E-state index is -1.83. The van der Waals surface area contributed by atoms with Gasteiger partial charge in [0, 0.05) is 57.6 Å². The van der Waals surface area contributed by atoms with Crippen molar-refractivity contribution in [3.05, 3.63) is 0 Å². The van der Waals surface area contributed by atoms with Crippen molar-refractivity contribution in [1.29, 1.82) is 0 Å². The van der Waals surface area contributed by atoms with Gasteiger partial charge in [-0.05, 0) is 53.9 Å². The van der Waals surface area contributed by atoms with E-state index in [0.29, 0.717) is 19.3 Å². The molecule has 3 saturated heterocycles. The first-order chi connectivity index (χ1) is 26.5. The molecule has 15 nitrogen and oxygen atoms in total. The van der Waals surface area contributed by atoms with Gasteiger partial charge in [-0.25, -0.2) is 4.79 Å². The number of alkyl halides is 1. The Bertz CT molecular complexity index is 1350. The molecule has 2 unspecified atom stereocenters. The zero-order chi connectivity index (χ0) is 43.2. The summed E-state index contributed by atoms with van der Waals surface area (Å²) < 4.78 is 49.3. The van der Waals surface area contributed by atoms with Crippen molar-refractivity contribution in [3.8, 4) is 0 Å². The van der Waals surface area contributed by atoms with E-state index >= 15 is 0 Å². The Balaban J connectivity index is 2.21. The van der Waals surface area contributed by atoms with Crippen LogP contribution in [-0.4, -0.2) is 138 Å². The summed E-state index contributed by atoms with van der Waals surface area (Å²) in [6.45, 7) is 18.7. The summed E-state index contributed by atoms with van der Waals surface area (Å²) in [5, 5.41) is 24.1. The average molecular weight is 836 g/mol. The van der Waals surface area contributed by atoms with Crippen LogP contribution in [0, 0.1) is 29.6 Å². The van der Waals surface area contributed by atoms with Gasteiger partial charge in [0.1, 0.15) is 18.5 Å². The second-order valence-electron chi connectivity index (χ2n) is 17.2. The third-order valence-electron chi connectivity index (χ3n) is 12.2. The molecule has 0 aromatic heterocycles.